The summed E-state index contributed by atoms with van der Waals surface area (Å²) < 4.78 is 40.3. The number of carbonyl (C=O) groups is 1. The third kappa shape index (κ3) is 4.31. The second-order valence-corrected chi connectivity index (χ2v) is 8.86. The fourth-order valence-electron chi connectivity index (χ4n) is 3.16. The van der Waals surface area contributed by atoms with E-state index in [9.17, 15) is 17.6 Å². The van der Waals surface area contributed by atoms with Crippen LogP contribution in [0.15, 0.2) is 47.4 Å². The van der Waals surface area contributed by atoms with Crippen LogP contribution in [0.1, 0.15) is 24.0 Å². The van der Waals surface area contributed by atoms with Crippen LogP contribution in [0.5, 0.6) is 0 Å². The Hall–Kier alpha value is -1.96. The van der Waals surface area contributed by atoms with E-state index in [1.54, 1.807) is 19.1 Å². The molecule has 1 aliphatic rings. The Balaban J connectivity index is 1.72. The lowest BCUT2D eigenvalue weighted by Gasteiger charge is -2.23. The van der Waals surface area contributed by atoms with Crippen molar-refractivity contribution < 1.29 is 17.6 Å². The number of hydrogen-bond donors (Lipinski definition) is 1. The maximum atomic E-state index is 13.3. The lowest BCUT2D eigenvalue weighted by molar-refractivity contribution is -0.124. The summed E-state index contributed by atoms with van der Waals surface area (Å²) in [4.78, 5) is 12.7. The van der Waals surface area contributed by atoms with E-state index in [1.165, 1.54) is 34.6 Å². The number of carbonyl (C=O) groups excluding carboxylic acids is 1. The van der Waals surface area contributed by atoms with E-state index < -0.39 is 16.1 Å². The Morgan fingerprint density at radius 1 is 1.26 bits per heavy atom. The van der Waals surface area contributed by atoms with Gasteiger partial charge in [-0.15, -0.1) is 0 Å². The lowest BCUT2D eigenvalue weighted by atomic mass is 10.1. The number of amides is 1. The van der Waals surface area contributed by atoms with Gasteiger partial charge in [-0.05, 0) is 61.2 Å². The third-order valence-corrected chi connectivity index (χ3v) is 6.79. The van der Waals surface area contributed by atoms with Gasteiger partial charge < -0.3 is 5.32 Å². The molecule has 1 N–H and O–H groups in total. The molecule has 1 heterocycles. The molecule has 1 atom stereocenters. The molecule has 2 aromatic rings. The molecule has 3 rings (SSSR count). The van der Waals surface area contributed by atoms with Crippen molar-refractivity contribution in [3.05, 3.63) is 64.4 Å². The molecule has 0 aromatic heterocycles. The Kier molecular flexibility index (Phi) is 5.83. The number of aryl methyl sites for hydroxylation is 1. The van der Waals surface area contributed by atoms with Crippen molar-refractivity contribution in [1.29, 1.82) is 0 Å². The van der Waals surface area contributed by atoms with Crippen LogP contribution in [-0.2, 0) is 21.4 Å². The van der Waals surface area contributed by atoms with Crippen LogP contribution in [-0.4, -0.2) is 31.2 Å². The smallest absolute Gasteiger partial charge is 0.243 e. The SMILES string of the molecule is Cc1cc(CNC(=O)C2CCCN2S(=O)(=O)c2ccc(Cl)cc2)ccc1F. The monoisotopic (exact) mass is 410 g/mol. The maximum absolute atomic E-state index is 13.3. The molecule has 0 bridgehead atoms. The summed E-state index contributed by atoms with van der Waals surface area (Å²) in [6.45, 7) is 2.15. The Labute approximate surface area is 163 Å². The van der Waals surface area contributed by atoms with E-state index in [0.29, 0.717) is 30.0 Å². The topological polar surface area (TPSA) is 66.5 Å². The van der Waals surface area contributed by atoms with E-state index in [1.807, 2.05) is 0 Å². The Morgan fingerprint density at radius 2 is 1.96 bits per heavy atom. The van der Waals surface area contributed by atoms with Gasteiger partial charge in [0.25, 0.3) is 0 Å². The van der Waals surface area contributed by atoms with Gasteiger partial charge in [-0.1, -0.05) is 23.7 Å². The van der Waals surface area contributed by atoms with Gasteiger partial charge in [0.1, 0.15) is 11.9 Å². The largest absolute Gasteiger partial charge is 0.351 e. The van der Waals surface area contributed by atoms with Crippen LogP contribution >= 0.6 is 11.6 Å². The van der Waals surface area contributed by atoms with Crippen LogP contribution in [0.4, 0.5) is 4.39 Å². The van der Waals surface area contributed by atoms with Crippen molar-refractivity contribution in [3.63, 3.8) is 0 Å². The molecular weight excluding hydrogens is 391 g/mol. The molecule has 0 radical (unpaired) electrons. The molecule has 0 spiro atoms. The number of nitrogens with one attached hydrogen (secondary N) is 1. The number of nitrogens with zero attached hydrogens (tertiary/aromatic N) is 1. The van der Waals surface area contributed by atoms with Gasteiger partial charge >= 0.3 is 0 Å². The predicted octanol–water partition coefficient (Wildman–Crippen LogP) is 3.26. The average molecular weight is 411 g/mol. The zero-order valence-corrected chi connectivity index (χ0v) is 16.4. The molecule has 1 aliphatic heterocycles. The molecule has 1 unspecified atom stereocenters. The zero-order valence-electron chi connectivity index (χ0n) is 14.8. The second-order valence-electron chi connectivity index (χ2n) is 6.53. The molecule has 8 heteroatoms. The molecular formula is C19H20ClFN2O3S. The average Bonchev–Trinajstić information content (AvgIpc) is 3.13. The summed E-state index contributed by atoms with van der Waals surface area (Å²) in [5.74, 6) is -0.659. The minimum Gasteiger partial charge on any atom is -0.351 e. The third-order valence-electron chi connectivity index (χ3n) is 4.62. The molecule has 1 amide bonds. The van der Waals surface area contributed by atoms with Crippen molar-refractivity contribution in [2.24, 2.45) is 0 Å². The van der Waals surface area contributed by atoms with Crippen molar-refractivity contribution in [3.8, 4) is 0 Å². The summed E-state index contributed by atoms with van der Waals surface area (Å²) in [7, 11) is -3.78. The van der Waals surface area contributed by atoms with Gasteiger partial charge in [0.2, 0.25) is 15.9 Å². The number of rotatable bonds is 5. The van der Waals surface area contributed by atoms with Crippen LogP contribution < -0.4 is 5.32 Å². The highest BCUT2D eigenvalue weighted by molar-refractivity contribution is 7.89. The quantitative estimate of drug-likeness (QED) is 0.822. The highest BCUT2D eigenvalue weighted by atomic mass is 35.5. The van der Waals surface area contributed by atoms with Gasteiger partial charge in [-0.2, -0.15) is 4.31 Å². The number of hydrogen-bond acceptors (Lipinski definition) is 3. The normalized spacial score (nSPS) is 17.8. The van der Waals surface area contributed by atoms with Crippen molar-refractivity contribution in [2.45, 2.75) is 37.2 Å². The fourth-order valence-corrected chi connectivity index (χ4v) is 4.94. The minimum atomic E-state index is -3.78. The first-order chi connectivity index (χ1) is 12.8. The summed E-state index contributed by atoms with van der Waals surface area (Å²) in [6, 6.07) is 9.74. The number of benzene rings is 2. The molecule has 27 heavy (non-hydrogen) atoms. The van der Waals surface area contributed by atoms with Crippen LogP contribution in [0.25, 0.3) is 0 Å². The van der Waals surface area contributed by atoms with E-state index in [-0.39, 0.29) is 23.2 Å². The van der Waals surface area contributed by atoms with Crippen molar-refractivity contribution >= 4 is 27.5 Å². The van der Waals surface area contributed by atoms with Gasteiger partial charge in [0, 0.05) is 18.1 Å². The van der Waals surface area contributed by atoms with E-state index >= 15 is 0 Å². The molecule has 1 fully saturated rings. The standard InChI is InChI=1S/C19H20ClFN2O3S/c1-13-11-14(4-9-17(13)21)12-22-19(24)18-3-2-10-23(18)27(25,26)16-7-5-15(20)6-8-16/h4-9,11,18H,2-3,10,12H2,1H3,(H,22,24). The molecule has 144 valence electrons. The van der Waals surface area contributed by atoms with E-state index in [4.69, 9.17) is 11.6 Å². The van der Waals surface area contributed by atoms with Gasteiger partial charge in [-0.25, -0.2) is 12.8 Å². The van der Waals surface area contributed by atoms with Crippen LogP contribution in [0.2, 0.25) is 5.02 Å². The predicted molar refractivity (Wildman–Crippen MR) is 101 cm³/mol. The fraction of sp³-hybridized carbons (Fsp3) is 0.316. The van der Waals surface area contributed by atoms with Crippen LogP contribution in [0, 0.1) is 12.7 Å². The van der Waals surface area contributed by atoms with E-state index in [0.717, 1.165) is 5.56 Å². The van der Waals surface area contributed by atoms with Gasteiger partial charge in [-0.3, -0.25) is 4.79 Å². The molecule has 5 nitrogen and oxygen atoms in total. The zero-order chi connectivity index (χ0) is 19.6. The van der Waals surface area contributed by atoms with E-state index in [2.05, 4.69) is 5.32 Å². The lowest BCUT2D eigenvalue weighted by Crippen LogP contribution is -2.45. The molecule has 1 saturated heterocycles. The number of halogens is 2. The highest BCUT2D eigenvalue weighted by Crippen LogP contribution is 2.27. The first-order valence-electron chi connectivity index (χ1n) is 8.59. The minimum absolute atomic E-state index is 0.112. The first-order valence-corrected chi connectivity index (χ1v) is 10.4. The van der Waals surface area contributed by atoms with Gasteiger partial charge in [0.05, 0.1) is 4.90 Å². The van der Waals surface area contributed by atoms with Crippen molar-refractivity contribution in [1.82, 2.24) is 9.62 Å². The summed E-state index contributed by atoms with van der Waals surface area (Å²) >= 11 is 5.82. The molecule has 0 saturated carbocycles. The first kappa shape index (κ1) is 19.8. The summed E-state index contributed by atoms with van der Waals surface area (Å²) in [5, 5.41) is 3.21. The second kappa shape index (κ2) is 7.96. The molecule has 2 aromatic carbocycles. The summed E-state index contributed by atoms with van der Waals surface area (Å²) in [5.41, 5.74) is 1.25. The Bertz CT molecular complexity index is 948. The summed E-state index contributed by atoms with van der Waals surface area (Å²) in [6.07, 6.45) is 1.07. The highest BCUT2D eigenvalue weighted by Gasteiger charge is 2.39. The molecule has 0 aliphatic carbocycles. The number of sulfonamides is 1. The van der Waals surface area contributed by atoms with Crippen LogP contribution in [0.3, 0.4) is 0 Å². The Morgan fingerprint density at radius 3 is 2.63 bits per heavy atom. The van der Waals surface area contributed by atoms with Gasteiger partial charge in [0.15, 0.2) is 0 Å². The van der Waals surface area contributed by atoms with Crippen molar-refractivity contribution in [2.75, 3.05) is 6.54 Å². The maximum Gasteiger partial charge on any atom is 0.243 e.